The molecule has 130 valence electrons. The van der Waals surface area contributed by atoms with Crippen molar-refractivity contribution in [3.63, 3.8) is 0 Å². The van der Waals surface area contributed by atoms with E-state index in [1.165, 1.54) is 12.1 Å². The molecule has 1 fully saturated rings. The summed E-state index contributed by atoms with van der Waals surface area (Å²) < 4.78 is 16.2. The molecule has 4 atom stereocenters. The average Bonchev–Trinajstić information content (AvgIpc) is 2.52. The Hall–Kier alpha value is -1.64. The van der Waals surface area contributed by atoms with E-state index in [0.717, 1.165) is 5.56 Å². The molecule has 1 aromatic carbocycles. The summed E-state index contributed by atoms with van der Waals surface area (Å²) in [5, 5.41) is 29.7. The van der Waals surface area contributed by atoms with Crippen LogP contribution in [0.25, 0.3) is 11.0 Å². The predicted molar refractivity (Wildman–Crippen MR) is 85.2 cm³/mol. The quantitative estimate of drug-likeness (QED) is 0.703. The van der Waals surface area contributed by atoms with Gasteiger partial charge in [0.15, 0.2) is 0 Å². The molecule has 0 amide bonds. The van der Waals surface area contributed by atoms with Crippen LogP contribution in [-0.2, 0) is 4.74 Å². The molecule has 1 aliphatic heterocycles. The number of aryl methyl sites for hydroxylation is 1. The van der Waals surface area contributed by atoms with Crippen LogP contribution in [0.5, 0.6) is 5.75 Å². The molecule has 0 saturated carbocycles. The second-order valence-corrected chi connectivity index (χ2v) is 6.13. The summed E-state index contributed by atoms with van der Waals surface area (Å²) in [7, 11) is 0. The van der Waals surface area contributed by atoms with Gasteiger partial charge in [-0.15, -0.1) is 0 Å². The van der Waals surface area contributed by atoms with Crippen LogP contribution in [0.2, 0.25) is 5.02 Å². The number of ether oxygens (including phenoxy) is 2. The number of benzene rings is 1. The second kappa shape index (κ2) is 6.70. The number of aliphatic hydroxyl groups is 3. The fourth-order valence-corrected chi connectivity index (χ4v) is 2.90. The minimum atomic E-state index is -1.19. The second-order valence-electron chi connectivity index (χ2n) is 5.73. The van der Waals surface area contributed by atoms with Crippen LogP contribution in [0.4, 0.5) is 0 Å². The lowest BCUT2D eigenvalue weighted by Crippen LogP contribution is -2.51. The first-order valence-corrected chi connectivity index (χ1v) is 7.80. The normalized spacial score (nSPS) is 27.4. The summed E-state index contributed by atoms with van der Waals surface area (Å²) in [5.74, 6) is 0.211. The molecule has 2 aromatic rings. The molecule has 1 aliphatic rings. The molecule has 7 nitrogen and oxygen atoms in total. The van der Waals surface area contributed by atoms with Crippen molar-refractivity contribution in [1.29, 1.82) is 0 Å². The highest BCUT2D eigenvalue weighted by atomic mass is 35.5. The summed E-state index contributed by atoms with van der Waals surface area (Å²) in [4.78, 5) is 11.5. The Kier molecular flexibility index (Phi) is 4.80. The predicted octanol–water partition coefficient (Wildman–Crippen LogP) is 0.963. The van der Waals surface area contributed by atoms with E-state index in [1.807, 2.05) is 0 Å². The minimum absolute atomic E-state index is 0.00377. The van der Waals surface area contributed by atoms with Crippen molar-refractivity contribution in [1.82, 2.24) is 0 Å². The first kappa shape index (κ1) is 17.2. The lowest BCUT2D eigenvalue weighted by atomic mass is 10.0. The van der Waals surface area contributed by atoms with Gasteiger partial charge in [0, 0.05) is 23.9 Å². The number of fused-ring (bicyclic) bond motifs is 1. The van der Waals surface area contributed by atoms with E-state index in [4.69, 9.17) is 25.5 Å². The van der Waals surface area contributed by atoms with Crippen LogP contribution >= 0.6 is 11.6 Å². The molecular weight excluding hydrogens is 340 g/mol. The van der Waals surface area contributed by atoms with Crippen molar-refractivity contribution in [2.24, 2.45) is 0 Å². The Morgan fingerprint density at radius 1 is 1.33 bits per heavy atom. The van der Waals surface area contributed by atoms with Crippen molar-refractivity contribution in [3.05, 3.63) is 39.2 Å². The van der Waals surface area contributed by atoms with Gasteiger partial charge in [-0.1, -0.05) is 11.6 Å². The van der Waals surface area contributed by atoms with Crippen LogP contribution in [0.3, 0.4) is 0 Å². The molecule has 2 heterocycles. The maximum Gasteiger partial charge on any atom is 0.336 e. The van der Waals surface area contributed by atoms with E-state index >= 15 is 0 Å². The maximum atomic E-state index is 11.5. The molecule has 24 heavy (non-hydrogen) atoms. The number of hydrogen-bond acceptors (Lipinski definition) is 7. The van der Waals surface area contributed by atoms with E-state index in [-0.39, 0.29) is 17.2 Å². The van der Waals surface area contributed by atoms with Crippen molar-refractivity contribution in [2.45, 2.75) is 37.9 Å². The van der Waals surface area contributed by atoms with Crippen molar-refractivity contribution < 1.29 is 29.2 Å². The van der Waals surface area contributed by atoms with Gasteiger partial charge in [0.2, 0.25) is 6.29 Å². The summed E-state index contributed by atoms with van der Waals surface area (Å²) >= 11 is 6.21. The molecule has 0 aliphatic carbocycles. The summed E-state index contributed by atoms with van der Waals surface area (Å²) in [6.07, 6.45) is -4.16. The Labute approximate surface area is 142 Å². The van der Waals surface area contributed by atoms with Crippen molar-refractivity contribution >= 4 is 22.6 Å². The van der Waals surface area contributed by atoms with Gasteiger partial charge in [0.1, 0.15) is 23.5 Å². The molecular formula is C16H17ClO7. The standard InChI is InChI=1S/C16H17ClO7/c1-7-2-14(20)22-11-5-12(9(17)3-8(7)11)23-15-4-10(19)16(21)13(6-18)24-15/h2-3,5,10,13,15-16,18-19,21H,4,6H2,1H3/t10?,13?,15-,16-/m0/s1. The van der Waals surface area contributed by atoms with Gasteiger partial charge < -0.3 is 29.2 Å². The third kappa shape index (κ3) is 3.26. The molecule has 8 heteroatoms. The van der Waals surface area contributed by atoms with E-state index < -0.39 is 36.8 Å². The van der Waals surface area contributed by atoms with Crippen molar-refractivity contribution in [2.75, 3.05) is 6.61 Å². The monoisotopic (exact) mass is 356 g/mol. The largest absolute Gasteiger partial charge is 0.463 e. The molecule has 0 bridgehead atoms. The van der Waals surface area contributed by atoms with E-state index in [0.29, 0.717) is 11.0 Å². The van der Waals surface area contributed by atoms with E-state index in [1.54, 1.807) is 13.0 Å². The van der Waals surface area contributed by atoms with Gasteiger partial charge in [-0.2, -0.15) is 0 Å². The molecule has 1 saturated heterocycles. The number of hydrogen-bond donors (Lipinski definition) is 3. The fourth-order valence-electron chi connectivity index (χ4n) is 2.69. The summed E-state index contributed by atoms with van der Waals surface area (Å²) in [6.45, 7) is 1.31. The fraction of sp³-hybridized carbons (Fsp3) is 0.438. The van der Waals surface area contributed by atoms with Gasteiger partial charge in [0.05, 0.1) is 17.7 Å². The molecule has 3 rings (SSSR count). The van der Waals surface area contributed by atoms with E-state index in [2.05, 4.69) is 0 Å². The third-order valence-corrected chi connectivity index (χ3v) is 4.27. The van der Waals surface area contributed by atoms with E-state index in [9.17, 15) is 20.1 Å². The summed E-state index contributed by atoms with van der Waals surface area (Å²) in [5.41, 5.74) is 0.554. The van der Waals surface area contributed by atoms with Crippen LogP contribution in [0.15, 0.2) is 27.4 Å². The number of aliphatic hydroxyl groups excluding tert-OH is 3. The third-order valence-electron chi connectivity index (χ3n) is 3.98. The molecule has 1 aromatic heterocycles. The zero-order valence-electron chi connectivity index (χ0n) is 12.8. The summed E-state index contributed by atoms with van der Waals surface area (Å²) in [6, 6.07) is 4.45. The van der Waals surface area contributed by atoms with Gasteiger partial charge >= 0.3 is 5.63 Å². The molecule has 0 radical (unpaired) electrons. The number of halogens is 1. The molecule has 0 spiro atoms. The smallest absolute Gasteiger partial charge is 0.336 e. The Morgan fingerprint density at radius 3 is 2.79 bits per heavy atom. The van der Waals surface area contributed by atoms with Crippen LogP contribution in [0.1, 0.15) is 12.0 Å². The highest BCUT2D eigenvalue weighted by molar-refractivity contribution is 6.32. The first-order valence-electron chi connectivity index (χ1n) is 7.42. The lowest BCUT2D eigenvalue weighted by molar-refractivity contribution is -0.229. The van der Waals surface area contributed by atoms with Gasteiger partial charge in [-0.05, 0) is 18.6 Å². The lowest BCUT2D eigenvalue weighted by Gasteiger charge is -2.36. The number of rotatable bonds is 3. The zero-order chi connectivity index (χ0) is 17.4. The SMILES string of the molecule is Cc1cc(=O)oc2cc(O[C@@H]3CC(O)[C@H](O)C(CO)O3)c(Cl)cc12. The zero-order valence-corrected chi connectivity index (χ0v) is 13.6. The maximum absolute atomic E-state index is 11.5. The van der Waals surface area contributed by atoms with Crippen LogP contribution in [-0.4, -0.2) is 46.5 Å². The Morgan fingerprint density at radius 2 is 2.08 bits per heavy atom. The van der Waals surface area contributed by atoms with Gasteiger partial charge in [-0.25, -0.2) is 4.79 Å². The average molecular weight is 357 g/mol. The van der Waals surface area contributed by atoms with Crippen LogP contribution < -0.4 is 10.4 Å². The topological polar surface area (TPSA) is 109 Å². The minimum Gasteiger partial charge on any atom is -0.463 e. The highest BCUT2D eigenvalue weighted by Crippen LogP contribution is 2.33. The first-order chi connectivity index (χ1) is 11.4. The Bertz CT molecular complexity index is 803. The molecule has 2 unspecified atom stereocenters. The highest BCUT2D eigenvalue weighted by Gasteiger charge is 2.37. The molecule has 3 N–H and O–H groups in total. The van der Waals surface area contributed by atoms with Crippen molar-refractivity contribution in [3.8, 4) is 5.75 Å². The Balaban J connectivity index is 1.90. The van der Waals surface area contributed by atoms with Crippen LogP contribution in [0, 0.1) is 6.92 Å². The van der Waals surface area contributed by atoms with Gasteiger partial charge in [0.25, 0.3) is 0 Å². The van der Waals surface area contributed by atoms with Gasteiger partial charge in [-0.3, -0.25) is 0 Å².